The lowest BCUT2D eigenvalue weighted by Crippen LogP contribution is -2.39. The number of guanidine groups is 1. The Morgan fingerprint density at radius 1 is 1.35 bits per heavy atom. The molecule has 0 heterocycles. The van der Waals surface area contributed by atoms with Crippen LogP contribution in [0.15, 0.2) is 41.9 Å². The summed E-state index contributed by atoms with van der Waals surface area (Å²) in [5, 5.41) is 12.8. The summed E-state index contributed by atoms with van der Waals surface area (Å²) in [6.07, 6.45) is 7.51. The average Bonchev–Trinajstić information content (AvgIpc) is 2.54. The molecule has 0 saturated carbocycles. The van der Waals surface area contributed by atoms with Gasteiger partial charge in [-0.05, 0) is 50.3 Å². The van der Waals surface area contributed by atoms with Gasteiger partial charge in [0.1, 0.15) is 5.75 Å². The maximum Gasteiger partial charge on any atom is 0.193 e. The molecule has 4 heteroatoms. The van der Waals surface area contributed by atoms with Gasteiger partial charge in [-0.3, -0.25) is 4.99 Å². The van der Waals surface area contributed by atoms with Gasteiger partial charge in [0.2, 0.25) is 0 Å². The molecule has 0 saturated heterocycles. The quantitative estimate of drug-likeness (QED) is 0.300. The van der Waals surface area contributed by atoms with Crippen LogP contribution < -0.4 is 5.32 Å². The van der Waals surface area contributed by atoms with Crippen molar-refractivity contribution in [2.24, 2.45) is 4.99 Å². The lowest BCUT2D eigenvalue weighted by molar-refractivity contribution is 0.455. The Hall–Kier alpha value is -1.97. The van der Waals surface area contributed by atoms with Crippen LogP contribution in [0.1, 0.15) is 38.2 Å². The smallest absolute Gasteiger partial charge is 0.193 e. The van der Waals surface area contributed by atoms with Crippen LogP contribution in [0.4, 0.5) is 0 Å². The summed E-state index contributed by atoms with van der Waals surface area (Å²) >= 11 is 0. The number of nitrogens with one attached hydrogen (secondary N) is 1. The molecule has 0 radical (unpaired) electrons. The monoisotopic (exact) mass is 317 g/mol. The van der Waals surface area contributed by atoms with Gasteiger partial charge in [0.15, 0.2) is 5.96 Å². The highest BCUT2D eigenvalue weighted by Crippen LogP contribution is 2.11. The van der Waals surface area contributed by atoms with Crippen molar-refractivity contribution in [1.82, 2.24) is 10.2 Å². The largest absolute Gasteiger partial charge is 0.508 e. The molecule has 1 aromatic rings. The minimum atomic E-state index is 0.315. The van der Waals surface area contributed by atoms with Crippen LogP contribution in [0.25, 0.3) is 0 Å². The average molecular weight is 317 g/mol. The molecular formula is C19H31N3O. The summed E-state index contributed by atoms with van der Waals surface area (Å²) in [6, 6.07) is 7.38. The molecule has 4 nitrogen and oxygen atoms in total. The van der Waals surface area contributed by atoms with E-state index in [0.29, 0.717) is 12.3 Å². The molecule has 0 amide bonds. The molecule has 1 aromatic carbocycles. The fourth-order valence-corrected chi connectivity index (χ4v) is 2.39. The van der Waals surface area contributed by atoms with Crippen molar-refractivity contribution in [2.75, 3.05) is 26.7 Å². The minimum Gasteiger partial charge on any atom is -0.508 e. The van der Waals surface area contributed by atoms with Crippen LogP contribution in [0.2, 0.25) is 0 Å². The highest BCUT2D eigenvalue weighted by molar-refractivity contribution is 5.79. The molecule has 0 unspecified atom stereocenters. The van der Waals surface area contributed by atoms with Crippen molar-refractivity contribution in [3.8, 4) is 5.75 Å². The molecule has 0 spiro atoms. The van der Waals surface area contributed by atoms with E-state index >= 15 is 0 Å². The Kier molecular flexibility index (Phi) is 9.60. The Morgan fingerprint density at radius 2 is 2.17 bits per heavy atom. The molecule has 0 aromatic heterocycles. The number of hydrogen-bond acceptors (Lipinski definition) is 2. The molecule has 1 rings (SSSR count). The summed E-state index contributed by atoms with van der Waals surface area (Å²) in [6.45, 7) is 8.43. The van der Waals surface area contributed by atoms with Gasteiger partial charge in [-0.1, -0.05) is 24.6 Å². The number of hydrogen-bond donors (Lipinski definition) is 2. The van der Waals surface area contributed by atoms with Crippen molar-refractivity contribution < 1.29 is 5.11 Å². The lowest BCUT2D eigenvalue weighted by Gasteiger charge is -2.22. The summed E-state index contributed by atoms with van der Waals surface area (Å²) in [7, 11) is 2.09. The first-order valence-electron chi connectivity index (χ1n) is 8.55. The van der Waals surface area contributed by atoms with Crippen LogP contribution in [0.3, 0.4) is 0 Å². The Balaban J connectivity index is 2.43. The third kappa shape index (κ3) is 8.29. The van der Waals surface area contributed by atoms with Crippen molar-refractivity contribution >= 4 is 5.96 Å². The molecule has 0 aliphatic carbocycles. The maximum atomic E-state index is 9.49. The fourth-order valence-electron chi connectivity index (χ4n) is 2.39. The van der Waals surface area contributed by atoms with E-state index < -0.39 is 0 Å². The van der Waals surface area contributed by atoms with Gasteiger partial charge < -0.3 is 15.3 Å². The number of rotatable bonds is 10. The van der Waals surface area contributed by atoms with Crippen LogP contribution >= 0.6 is 0 Å². The normalized spacial score (nSPS) is 11.3. The zero-order valence-corrected chi connectivity index (χ0v) is 14.6. The van der Waals surface area contributed by atoms with Gasteiger partial charge in [0, 0.05) is 26.7 Å². The van der Waals surface area contributed by atoms with Gasteiger partial charge in [-0.25, -0.2) is 0 Å². The van der Waals surface area contributed by atoms with Gasteiger partial charge in [0.05, 0.1) is 0 Å². The van der Waals surface area contributed by atoms with E-state index in [9.17, 15) is 5.11 Å². The molecule has 128 valence electrons. The van der Waals surface area contributed by atoms with Crippen LogP contribution in [0, 0.1) is 0 Å². The van der Waals surface area contributed by atoms with Crippen LogP contribution in [-0.4, -0.2) is 42.6 Å². The molecule has 0 aliphatic rings. The number of aromatic hydroxyl groups is 1. The van der Waals surface area contributed by atoms with Crippen LogP contribution in [0.5, 0.6) is 5.75 Å². The lowest BCUT2D eigenvalue weighted by atomic mass is 10.1. The van der Waals surface area contributed by atoms with Crippen molar-refractivity contribution in [1.29, 1.82) is 0 Å². The molecule has 23 heavy (non-hydrogen) atoms. The van der Waals surface area contributed by atoms with E-state index in [1.807, 2.05) is 18.2 Å². The number of benzene rings is 1. The first-order chi connectivity index (χ1) is 11.2. The number of allylic oxidation sites excluding steroid dienone is 1. The minimum absolute atomic E-state index is 0.315. The molecule has 2 N–H and O–H groups in total. The summed E-state index contributed by atoms with van der Waals surface area (Å²) in [5.41, 5.74) is 1.11. The SMILES string of the molecule is C=CCCCCCN(C)C(=NCCc1cccc(O)c1)NCC. The topological polar surface area (TPSA) is 47.9 Å². The first-order valence-corrected chi connectivity index (χ1v) is 8.55. The summed E-state index contributed by atoms with van der Waals surface area (Å²) < 4.78 is 0. The predicted molar refractivity (Wildman–Crippen MR) is 99.1 cm³/mol. The van der Waals surface area contributed by atoms with E-state index in [0.717, 1.165) is 37.5 Å². The molecule has 0 aliphatic heterocycles. The molecule has 0 fully saturated rings. The van der Waals surface area contributed by atoms with Gasteiger partial charge in [-0.2, -0.15) is 0 Å². The standard InChI is InChI=1S/C19H31N3O/c1-4-6-7-8-9-15-22(3)19(20-5-2)21-14-13-17-11-10-12-18(23)16-17/h4,10-12,16,23H,1,5-9,13-15H2,2-3H3,(H,20,21). The van der Waals surface area contributed by atoms with E-state index in [2.05, 4.69) is 35.8 Å². The summed E-state index contributed by atoms with van der Waals surface area (Å²) in [4.78, 5) is 6.88. The molecule has 0 atom stereocenters. The predicted octanol–water partition coefficient (Wildman–Crippen LogP) is 3.58. The summed E-state index contributed by atoms with van der Waals surface area (Å²) in [5.74, 6) is 1.27. The second kappa shape index (κ2) is 11.6. The number of aliphatic imine (C=N–C) groups is 1. The van der Waals surface area contributed by atoms with Crippen molar-refractivity contribution in [3.63, 3.8) is 0 Å². The third-order valence-corrected chi connectivity index (χ3v) is 3.67. The van der Waals surface area contributed by atoms with Gasteiger partial charge in [-0.15, -0.1) is 6.58 Å². The van der Waals surface area contributed by atoms with E-state index in [1.54, 1.807) is 12.1 Å². The number of phenolic OH excluding ortho intramolecular Hbond substituents is 1. The van der Waals surface area contributed by atoms with E-state index in [4.69, 9.17) is 0 Å². The second-order valence-electron chi connectivity index (χ2n) is 5.72. The van der Waals surface area contributed by atoms with E-state index in [1.165, 1.54) is 19.3 Å². The maximum absolute atomic E-state index is 9.49. The molecule has 0 bridgehead atoms. The third-order valence-electron chi connectivity index (χ3n) is 3.67. The second-order valence-corrected chi connectivity index (χ2v) is 5.72. The number of unbranched alkanes of at least 4 members (excludes halogenated alkanes) is 3. The number of nitrogens with zero attached hydrogens (tertiary/aromatic N) is 2. The Morgan fingerprint density at radius 3 is 2.87 bits per heavy atom. The van der Waals surface area contributed by atoms with Crippen molar-refractivity contribution in [3.05, 3.63) is 42.5 Å². The van der Waals surface area contributed by atoms with Crippen LogP contribution in [-0.2, 0) is 6.42 Å². The molecular weight excluding hydrogens is 286 g/mol. The number of phenols is 1. The van der Waals surface area contributed by atoms with Gasteiger partial charge in [0.25, 0.3) is 0 Å². The zero-order chi connectivity index (χ0) is 16.9. The van der Waals surface area contributed by atoms with E-state index in [-0.39, 0.29) is 0 Å². The fraction of sp³-hybridized carbons (Fsp3) is 0.526. The highest BCUT2D eigenvalue weighted by Gasteiger charge is 2.05. The Labute approximate surface area is 140 Å². The Bertz CT molecular complexity index is 485. The van der Waals surface area contributed by atoms with Crippen molar-refractivity contribution in [2.45, 2.75) is 39.0 Å². The zero-order valence-electron chi connectivity index (χ0n) is 14.6. The highest BCUT2D eigenvalue weighted by atomic mass is 16.3. The van der Waals surface area contributed by atoms with Gasteiger partial charge >= 0.3 is 0 Å². The first kappa shape index (κ1) is 19.1.